The Morgan fingerprint density at radius 3 is 0.829 bits per heavy atom. The molecule has 9 rings (SSSR count). The van der Waals surface area contributed by atoms with Crippen LogP contribution in [0.15, 0.2) is 97.1 Å². The van der Waals surface area contributed by atoms with Crippen molar-refractivity contribution in [1.82, 2.24) is 39.9 Å². The summed E-state index contributed by atoms with van der Waals surface area (Å²) in [6, 6.07) is 32.2. The Bertz CT molecular complexity index is 2030. The molecule has 3 aromatic heterocycles. The molecule has 2 aliphatic heterocycles. The van der Waals surface area contributed by atoms with Crippen molar-refractivity contribution in [3.63, 3.8) is 0 Å². The topological polar surface area (TPSA) is 109 Å². The van der Waals surface area contributed by atoms with Crippen molar-refractivity contribution in [2.75, 3.05) is 0 Å². The summed E-state index contributed by atoms with van der Waals surface area (Å²) in [6.07, 6.45) is 0. The summed E-state index contributed by atoms with van der Waals surface area (Å²) >= 11 is 0. The zero-order valence-corrected chi connectivity index (χ0v) is 23.0. The minimum atomic E-state index is 0. The summed E-state index contributed by atoms with van der Waals surface area (Å²) in [5.74, 6) is 2.39. The normalized spacial score (nSPS) is 11.7. The molecule has 5 heterocycles. The molecule has 8 nitrogen and oxygen atoms in total. The first-order valence-corrected chi connectivity index (χ1v) is 13.0. The maximum Gasteiger partial charge on any atom is 2.00 e. The van der Waals surface area contributed by atoms with Gasteiger partial charge in [-0.15, -0.1) is 0 Å². The van der Waals surface area contributed by atoms with Crippen molar-refractivity contribution in [2.24, 2.45) is 0 Å². The standard InChI is InChI=1S/C32H18N8.Ti/c1-2-10-18-17(9-1)25-33-26(18)38-28-21-13-5-6-14-22(21)30(35-28)40-32-24-16-8-7-15-23(24)31(36-32)39-29-20-12-4-3-11-19(20)27(34-29)37-25;/h1-16H,(H2,33,34,35,36,37,38,39,40);/q;+2. The monoisotopic (exact) mass is 562 g/mol. The number of fused-ring (bicyclic) bond motifs is 20. The molecule has 0 aliphatic carbocycles. The van der Waals surface area contributed by atoms with Crippen molar-refractivity contribution >= 4 is 44.1 Å². The molecule has 0 spiro atoms. The quantitative estimate of drug-likeness (QED) is 0.195. The molecule has 41 heavy (non-hydrogen) atoms. The summed E-state index contributed by atoms with van der Waals surface area (Å²) in [4.78, 5) is 36.8. The number of H-pyrrole nitrogens is 2. The van der Waals surface area contributed by atoms with Crippen LogP contribution in [0.1, 0.15) is 0 Å². The maximum absolute atomic E-state index is 5.02. The van der Waals surface area contributed by atoms with Crippen molar-refractivity contribution in [3.05, 3.63) is 97.1 Å². The van der Waals surface area contributed by atoms with Gasteiger partial charge in [-0.2, -0.15) is 0 Å². The molecule has 0 amide bonds. The van der Waals surface area contributed by atoms with Crippen molar-refractivity contribution in [3.8, 4) is 45.6 Å². The first-order valence-electron chi connectivity index (χ1n) is 13.0. The van der Waals surface area contributed by atoms with Gasteiger partial charge in [0, 0.05) is 43.8 Å². The smallest absolute Gasteiger partial charge is 0.324 e. The Balaban J connectivity index is 0.00000256. The summed E-state index contributed by atoms with van der Waals surface area (Å²) in [7, 11) is 0. The Morgan fingerprint density at radius 1 is 0.317 bits per heavy atom. The van der Waals surface area contributed by atoms with E-state index in [9.17, 15) is 0 Å². The van der Waals surface area contributed by atoms with E-state index < -0.39 is 0 Å². The maximum atomic E-state index is 5.02. The number of nitrogens with one attached hydrogen (secondary N) is 2. The van der Waals surface area contributed by atoms with Gasteiger partial charge in [0.05, 0.1) is 0 Å². The summed E-state index contributed by atoms with van der Waals surface area (Å²) < 4.78 is 0. The second-order valence-corrected chi connectivity index (χ2v) is 9.79. The molecule has 0 fully saturated rings. The van der Waals surface area contributed by atoms with E-state index in [4.69, 9.17) is 29.9 Å². The Hall–Kier alpha value is -5.05. The van der Waals surface area contributed by atoms with Gasteiger partial charge in [0.15, 0.2) is 23.3 Å². The first kappa shape index (κ1) is 23.8. The van der Waals surface area contributed by atoms with Gasteiger partial charge < -0.3 is 9.97 Å². The predicted molar refractivity (Wildman–Crippen MR) is 156 cm³/mol. The van der Waals surface area contributed by atoms with E-state index in [0.29, 0.717) is 45.9 Å². The van der Waals surface area contributed by atoms with Gasteiger partial charge in [-0.05, 0) is 0 Å². The van der Waals surface area contributed by atoms with E-state index in [2.05, 4.69) is 9.97 Å². The Morgan fingerprint density at radius 2 is 0.561 bits per heavy atom. The molecule has 0 atom stereocenters. The third kappa shape index (κ3) is 3.58. The van der Waals surface area contributed by atoms with Crippen LogP contribution in [-0.4, -0.2) is 39.9 Å². The fourth-order valence-electron chi connectivity index (χ4n) is 5.59. The van der Waals surface area contributed by atoms with Gasteiger partial charge in [0.2, 0.25) is 0 Å². The van der Waals surface area contributed by atoms with Crippen LogP contribution in [0.25, 0.3) is 89.7 Å². The average Bonchev–Trinajstić information content (AvgIpc) is 3.73. The van der Waals surface area contributed by atoms with Crippen LogP contribution >= 0.6 is 0 Å². The summed E-state index contributed by atoms with van der Waals surface area (Å²) in [5, 5.41) is 3.82. The number of hydrogen-bond acceptors (Lipinski definition) is 6. The molecular weight excluding hydrogens is 544 g/mol. The molecule has 2 aliphatic rings. The molecular formula is C32H18N8Ti+2. The number of aromatic nitrogens is 8. The van der Waals surface area contributed by atoms with Crippen molar-refractivity contribution < 1.29 is 21.7 Å². The van der Waals surface area contributed by atoms with E-state index in [1.54, 1.807) is 0 Å². The molecule has 0 saturated heterocycles. The number of rotatable bonds is 0. The summed E-state index contributed by atoms with van der Waals surface area (Å²) in [5.41, 5.74) is 6.45. The largest absolute Gasteiger partial charge is 2.00 e. The van der Waals surface area contributed by atoms with Crippen LogP contribution in [0.4, 0.5) is 0 Å². The third-order valence-electron chi connectivity index (χ3n) is 7.46. The fraction of sp³-hybridized carbons (Fsp3) is 0. The van der Waals surface area contributed by atoms with Crippen LogP contribution in [-0.2, 0) is 21.7 Å². The minimum absolute atomic E-state index is 0. The van der Waals surface area contributed by atoms with E-state index in [-0.39, 0.29) is 21.7 Å². The van der Waals surface area contributed by atoms with Gasteiger partial charge in [0.25, 0.3) is 0 Å². The molecule has 7 aromatic rings. The number of hydrogen-bond donors (Lipinski definition) is 2. The van der Waals surface area contributed by atoms with Gasteiger partial charge in [0.1, 0.15) is 22.6 Å². The number of aromatic amines is 2. The fourth-order valence-corrected chi connectivity index (χ4v) is 5.59. The van der Waals surface area contributed by atoms with Gasteiger partial charge in [-0.3, -0.25) is 0 Å². The van der Waals surface area contributed by atoms with Crippen LogP contribution in [0.3, 0.4) is 0 Å². The molecule has 9 heteroatoms. The second-order valence-electron chi connectivity index (χ2n) is 9.79. The molecule has 0 saturated carbocycles. The van der Waals surface area contributed by atoms with E-state index >= 15 is 0 Å². The number of benzene rings is 4. The first-order chi connectivity index (χ1) is 19.8. The molecule has 8 bridgehead atoms. The van der Waals surface area contributed by atoms with Crippen LogP contribution < -0.4 is 0 Å². The van der Waals surface area contributed by atoms with E-state index in [0.717, 1.165) is 43.8 Å². The van der Waals surface area contributed by atoms with Crippen molar-refractivity contribution in [1.29, 1.82) is 0 Å². The van der Waals surface area contributed by atoms with E-state index in [1.165, 1.54) is 0 Å². The zero-order valence-electron chi connectivity index (χ0n) is 21.4. The molecule has 0 radical (unpaired) electrons. The average molecular weight is 562 g/mol. The zero-order chi connectivity index (χ0) is 26.2. The Labute approximate surface area is 247 Å². The predicted octanol–water partition coefficient (Wildman–Crippen LogP) is 6.87. The molecule has 0 unspecified atom stereocenters. The van der Waals surface area contributed by atoms with Gasteiger partial charge in [-0.25, -0.2) is 29.9 Å². The van der Waals surface area contributed by atoms with Crippen LogP contribution in [0.5, 0.6) is 0 Å². The van der Waals surface area contributed by atoms with E-state index in [1.807, 2.05) is 97.1 Å². The van der Waals surface area contributed by atoms with Gasteiger partial charge in [-0.1, -0.05) is 97.1 Å². The van der Waals surface area contributed by atoms with Crippen molar-refractivity contribution in [2.45, 2.75) is 0 Å². The van der Waals surface area contributed by atoms with Gasteiger partial charge >= 0.3 is 21.7 Å². The van der Waals surface area contributed by atoms with Crippen LogP contribution in [0, 0.1) is 0 Å². The minimum Gasteiger partial charge on any atom is -0.324 e. The molecule has 2 N–H and O–H groups in total. The SMILES string of the molecule is [Ti+2].c1ccc2c(c1)-c1nc-2nc2[nH]c(nc3nc(nc4[nH]c(n1)c1ccccc41)-c1ccccc1-3)c1ccccc21. The Kier molecular flexibility index (Phi) is 5.22. The summed E-state index contributed by atoms with van der Waals surface area (Å²) in [6.45, 7) is 0. The van der Waals surface area contributed by atoms with Crippen LogP contribution in [0.2, 0.25) is 0 Å². The second kappa shape index (κ2) is 8.99. The molecule has 4 aromatic carbocycles. The number of nitrogens with zero attached hydrogens (tertiary/aromatic N) is 6. The third-order valence-corrected chi connectivity index (χ3v) is 7.46. The molecule has 188 valence electrons.